The predicted molar refractivity (Wildman–Crippen MR) is 56.1 cm³/mol. The summed E-state index contributed by atoms with van der Waals surface area (Å²) >= 11 is 0. The highest BCUT2D eigenvalue weighted by molar-refractivity contribution is 6.33. The molecular weight excluding hydrogens is 248 g/mol. The Bertz CT molecular complexity index is 323. The van der Waals surface area contributed by atoms with E-state index in [1.54, 1.807) is 0 Å². The van der Waals surface area contributed by atoms with Gasteiger partial charge in [-0.15, -0.1) is 0 Å². The van der Waals surface area contributed by atoms with Gasteiger partial charge in [0.1, 0.15) is 0 Å². The van der Waals surface area contributed by atoms with Gasteiger partial charge in [-0.2, -0.15) is 0 Å². The molecule has 0 atom stereocenters. The summed E-state index contributed by atoms with van der Waals surface area (Å²) in [6.45, 7) is 3.15. The zero-order valence-electron chi connectivity index (χ0n) is 9.91. The molecule has 2 amide bonds. The summed E-state index contributed by atoms with van der Waals surface area (Å²) in [6, 6.07) is 0. The normalized spacial score (nSPS) is 9.33. The fraction of sp³-hybridized carbons (Fsp3) is 0.500. The molecule has 0 fully saturated rings. The van der Waals surface area contributed by atoms with Crippen molar-refractivity contribution in [2.75, 3.05) is 13.1 Å². The monoisotopic (exact) mass is 262 g/mol. The molecule has 4 N–H and O–H groups in total. The Morgan fingerprint density at radius 2 is 1.11 bits per heavy atom. The summed E-state index contributed by atoms with van der Waals surface area (Å²) in [7, 11) is 0. The fourth-order valence-electron chi connectivity index (χ4n) is 0.617. The summed E-state index contributed by atoms with van der Waals surface area (Å²) in [6.07, 6.45) is -2.49. The van der Waals surface area contributed by atoms with Crippen LogP contribution in [0.25, 0.3) is 0 Å². The number of carbonyl (C=O) groups is 4. The van der Waals surface area contributed by atoms with Crippen LogP contribution in [0, 0.1) is 0 Å². The second-order valence-electron chi connectivity index (χ2n) is 2.88. The quantitative estimate of drug-likeness (QED) is 0.156. The standard InChI is InChI=1S/C8H14N4O6/c1-3-11(9)7(15)17-5(13)6(14)18-8(16)12(10)4-2/h3-4,9-10H2,1-2H3. The second-order valence-corrected chi connectivity index (χ2v) is 2.88. The molecule has 0 bridgehead atoms. The molecule has 0 aliphatic rings. The van der Waals surface area contributed by atoms with E-state index >= 15 is 0 Å². The molecular formula is C8H14N4O6. The first kappa shape index (κ1) is 15.8. The minimum absolute atomic E-state index is 0.0620. The summed E-state index contributed by atoms with van der Waals surface area (Å²) in [4.78, 5) is 44.0. The van der Waals surface area contributed by atoms with Crippen LogP contribution in [0.2, 0.25) is 0 Å². The van der Waals surface area contributed by atoms with Gasteiger partial charge in [-0.3, -0.25) is 0 Å². The Morgan fingerprint density at radius 3 is 1.33 bits per heavy atom. The van der Waals surface area contributed by atoms with Crippen LogP contribution in [-0.2, 0) is 19.1 Å². The van der Waals surface area contributed by atoms with Crippen molar-refractivity contribution < 1.29 is 28.7 Å². The second kappa shape index (κ2) is 7.19. The molecule has 0 radical (unpaired) electrons. The first-order valence-corrected chi connectivity index (χ1v) is 4.89. The molecule has 0 aliphatic heterocycles. The van der Waals surface area contributed by atoms with Crippen LogP contribution in [-0.4, -0.2) is 47.2 Å². The van der Waals surface area contributed by atoms with Crippen molar-refractivity contribution in [3.05, 3.63) is 0 Å². The average molecular weight is 262 g/mol. The van der Waals surface area contributed by atoms with E-state index in [0.29, 0.717) is 10.0 Å². The first-order chi connectivity index (χ1) is 8.33. The zero-order chi connectivity index (χ0) is 14.3. The van der Waals surface area contributed by atoms with E-state index in [2.05, 4.69) is 9.47 Å². The molecule has 0 rings (SSSR count). The summed E-state index contributed by atoms with van der Waals surface area (Å²) in [5, 5.41) is 1.10. The van der Waals surface area contributed by atoms with Gasteiger partial charge in [0, 0.05) is 13.1 Å². The van der Waals surface area contributed by atoms with E-state index < -0.39 is 24.1 Å². The van der Waals surface area contributed by atoms with E-state index in [-0.39, 0.29) is 13.1 Å². The van der Waals surface area contributed by atoms with Crippen LogP contribution < -0.4 is 11.7 Å². The minimum atomic E-state index is -1.67. The van der Waals surface area contributed by atoms with Gasteiger partial charge in [-0.25, -0.2) is 40.9 Å². The Labute approximate surface area is 102 Å². The molecule has 10 nitrogen and oxygen atoms in total. The fourth-order valence-corrected chi connectivity index (χ4v) is 0.617. The summed E-state index contributed by atoms with van der Waals surface area (Å²) in [5.74, 6) is 6.86. The van der Waals surface area contributed by atoms with Crippen molar-refractivity contribution in [3.63, 3.8) is 0 Å². The van der Waals surface area contributed by atoms with E-state index in [4.69, 9.17) is 11.7 Å². The van der Waals surface area contributed by atoms with Crippen molar-refractivity contribution in [2.45, 2.75) is 13.8 Å². The predicted octanol–water partition coefficient (Wildman–Crippen LogP) is -1.30. The number of hydrogen-bond acceptors (Lipinski definition) is 8. The van der Waals surface area contributed by atoms with Crippen LogP contribution in [0.4, 0.5) is 9.59 Å². The number of nitrogens with zero attached hydrogens (tertiary/aromatic N) is 2. The molecule has 0 saturated heterocycles. The Kier molecular flexibility index (Phi) is 6.31. The SMILES string of the molecule is CCN(N)C(=O)OC(=O)C(=O)OC(=O)N(N)CC. The highest BCUT2D eigenvalue weighted by Crippen LogP contribution is 1.93. The Hall–Kier alpha value is -2.20. The Balaban J connectivity index is 4.32. The van der Waals surface area contributed by atoms with Gasteiger partial charge in [0.05, 0.1) is 0 Å². The van der Waals surface area contributed by atoms with Gasteiger partial charge < -0.3 is 9.47 Å². The van der Waals surface area contributed by atoms with E-state index in [0.717, 1.165) is 0 Å². The molecule has 0 aliphatic carbocycles. The van der Waals surface area contributed by atoms with Crippen LogP contribution in [0.1, 0.15) is 13.8 Å². The third-order valence-corrected chi connectivity index (χ3v) is 1.68. The van der Waals surface area contributed by atoms with Crippen LogP contribution in [0.3, 0.4) is 0 Å². The lowest BCUT2D eigenvalue weighted by atomic mass is 10.6. The minimum Gasteiger partial charge on any atom is -0.366 e. The van der Waals surface area contributed by atoms with Gasteiger partial charge >= 0.3 is 24.1 Å². The lowest BCUT2D eigenvalue weighted by Crippen LogP contribution is -2.42. The van der Waals surface area contributed by atoms with Gasteiger partial charge in [0.25, 0.3) is 0 Å². The van der Waals surface area contributed by atoms with Crippen molar-refractivity contribution >= 4 is 24.1 Å². The molecule has 18 heavy (non-hydrogen) atoms. The number of esters is 2. The molecule has 0 aromatic rings. The molecule has 0 aromatic heterocycles. The summed E-state index contributed by atoms with van der Waals surface area (Å²) in [5.41, 5.74) is 0. The number of rotatable bonds is 2. The average Bonchev–Trinajstić information content (AvgIpc) is 2.35. The maximum Gasteiger partial charge on any atom is 0.432 e. The Morgan fingerprint density at radius 1 is 0.833 bits per heavy atom. The van der Waals surface area contributed by atoms with Crippen LogP contribution >= 0.6 is 0 Å². The van der Waals surface area contributed by atoms with Gasteiger partial charge in [0.15, 0.2) is 0 Å². The van der Waals surface area contributed by atoms with E-state index in [9.17, 15) is 19.2 Å². The van der Waals surface area contributed by atoms with Gasteiger partial charge in [-0.05, 0) is 13.8 Å². The smallest absolute Gasteiger partial charge is 0.366 e. The molecule has 0 saturated carbocycles. The van der Waals surface area contributed by atoms with Crippen LogP contribution in [0.5, 0.6) is 0 Å². The molecule has 0 heterocycles. The molecule has 0 aromatic carbocycles. The number of hydrogen-bond donors (Lipinski definition) is 2. The van der Waals surface area contributed by atoms with Crippen molar-refractivity contribution in [1.82, 2.24) is 10.0 Å². The maximum absolute atomic E-state index is 11.0. The topological polar surface area (TPSA) is 145 Å². The van der Waals surface area contributed by atoms with Crippen molar-refractivity contribution in [1.29, 1.82) is 0 Å². The van der Waals surface area contributed by atoms with E-state index in [1.807, 2.05) is 0 Å². The molecule has 10 heteroatoms. The number of carbonyl (C=O) groups excluding carboxylic acids is 4. The zero-order valence-corrected chi connectivity index (χ0v) is 9.91. The summed E-state index contributed by atoms with van der Waals surface area (Å²) < 4.78 is 8.03. The lowest BCUT2D eigenvalue weighted by Gasteiger charge is -2.13. The van der Waals surface area contributed by atoms with E-state index in [1.165, 1.54) is 13.8 Å². The maximum atomic E-state index is 11.0. The van der Waals surface area contributed by atoms with Gasteiger partial charge in [-0.1, -0.05) is 0 Å². The highest BCUT2D eigenvalue weighted by atomic mass is 16.7. The number of amides is 2. The molecule has 0 spiro atoms. The third kappa shape index (κ3) is 4.76. The molecule has 0 unspecified atom stereocenters. The van der Waals surface area contributed by atoms with Crippen molar-refractivity contribution in [2.24, 2.45) is 11.7 Å². The first-order valence-electron chi connectivity index (χ1n) is 4.89. The lowest BCUT2D eigenvalue weighted by molar-refractivity contribution is -0.161. The number of hydrazine groups is 2. The molecule has 102 valence electrons. The van der Waals surface area contributed by atoms with Crippen molar-refractivity contribution in [3.8, 4) is 0 Å². The van der Waals surface area contributed by atoms with Gasteiger partial charge in [0.2, 0.25) is 0 Å². The van der Waals surface area contributed by atoms with Crippen LogP contribution in [0.15, 0.2) is 0 Å². The highest BCUT2D eigenvalue weighted by Gasteiger charge is 2.26. The number of nitrogens with two attached hydrogens (primary N) is 2. The largest absolute Gasteiger partial charge is 0.432 e. The number of ether oxygens (including phenoxy) is 2. The third-order valence-electron chi connectivity index (χ3n) is 1.68.